The minimum atomic E-state index is -3.03. The van der Waals surface area contributed by atoms with Crippen LogP contribution >= 0.6 is 0 Å². The highest BCUT2D eigenvalue weighted by Crippen LogP contribution is 2.31. The van der Waals surface area contributed by atoms with E-state index < -0.39 is 19.1 Å². The maximum Gasteiger partial charge on any atom is 0.387 e. The van der Waals surface area contributed by atoms with Crippen molar-refractivity contribution in [3.63, 3.8) is 0 Å². The van der Waals surface area contributed by atoms with E-state index in [0.717, 1.165) is 0 Å². The average molecular weight is 417 g/mol. The second-order valence-electron chi connectivity index (χ2n) is 5.77. The summed E-state index contributed by atoms with van der Waals surface area (Å²) >= 11 is 0. The van der Waals surface area contributed by atoms with Crippen molar-refractivity contribution in [1.82, 2.24) is 4.90 Å². The fraction of sp³-hybridized carbons (Fsp3) is 0.316. The second-order valence-corrected chi connectivity index (χ2v) is 5.77. The fourth-order valence-corrected chi connectivity index (χ4v) is 2.56. The summed E-state index contributed by atoms with van der Waals surface area (Å²) in [6, 6.07) is 8.14. The molecule has 0 aliphatic heterocycles. The molecule has 0 heterocycles. The number of hydrogen-bond donors (Lipinski definition) is 0. The lowest BCUT2D eigenvalue weighted by molar-refractivity contribution is -0.0518. The van der Waals surface area contributed by atoms with Crippen LogP contribution in [0.1, 0.15) is 15.9 Å². The molecule has 0 saturated heterocycles. The zero-order chi connectivity index (χ0) is 21.6. The lowest BCUT2D eigenvalue weighted by atomic mass is 10.1. The Morgan fingerprint density at radius 1 is 0.862 bits per heavy atom. The molecule has 0 saturated carbocycles. The van der Waals surface area contributed by atoms with Crippen LogP contribution in [0, 0.1) is 0 Å². The van der Waals surface area contributed by atoms with Gasteiger partial charge < -0.3 is 23.8 Å². The van der Waals surface area contributed by atoms with Gasteiger partial charge in [-0.15, -0.1) is 0 Å². The van der Waals surface area contributed by atoms with Gasteiger partial charge >= 0.3 is 13.2 Å². The first-order valence-corrected chi connectivity index (χ1v) is 8.25. The standard InChI is InChI=1S/C19H19F4NO5/c1-24(10-11-4-6-13(28-18(20)21)15(8-11)26-2)17(25)12-5-7-14(29-19(22)23)16(9-12)27-3/h4-9,18-19H,10H2,1-3H3. The van der Waals surface area contributed by atoms with Gasteiger partial charge in [-0.1, -0.05) is 6.07 Å². The Balaban J connectivity index is 2.16. The number of rotatable bonds is 9. The van der Waals surface area contributed by atoms with Crippen LogP contribution in [0.2, 0.25) is 0 Å². The monoisotopic (exact) mass is 417 g/mol. The molecule has 6 nitrogen and oxygen atoms in total. The van der Waals surface area contributed by atoms with Crippen LogP contribution in [-0.2, 0) is 6.54 Å². The Hall–Kier alpha value is -3.17. The third-order valence-electron chi connectivity index (χ3n) is 3.84. The molecule has 0 aliphatic carbocycles. The summed E-state index contributed by atoms with van der Waals surface area (Å²) in [4.78, 5) is 14.0. The summed E-state index contributed by atoms with van der Waals surface area (Å²) in [5.74, 6) is -0.655. The molecule has 0 atom stereocenters. The number of benzene rings is 2. The smallest absolute Gasteiger partial charge is 0.387 e. The van der Waals surface area contributed by atoms with E-state index in [4.69, 9.17) is 9.47 Å². The van der Waals surface area contributed by atoms with Crippen LogP contribution in [0.25, 0.3) is 0 Å². The van der Waals surface area contributed by atoms with Gasteiger partial charge in [-0.2, -0.15) is 17.6 Å². The molecule has 1 amide bonds. The molecular formula is C19H19F4NO5. The molecule has 0 aromatic heterocycles. The Morgan fingerprint density at radius 2 is 1.38 bits per heavy atom. The number of nitrogens with zero attached hydrogens (tertiary/aromatic N) is 1. The maximum absolute atomic E-state index is 12.6. The third-order valence-corrected chi connectivity index (χ3v) is 3.84. The Kier molecular flexibility index (Phi) is 7.52. The van der Waals surface area contributed by atoms with E-state index in [9.17, 15) is 22.4 Å². The predicted molar refractivity (Wildman–Crippen MR) is 95.0 cm³/mol. The molecule has 2 rings (SSSR count). The predicted octanol–water partition coefficient (Wildman–Crippen LogP) is 4.18. The topological polar surface area (TPSA) is 57.2 Å². The van der Waals surface area contributed by atoms with Crippen molar-refractivity contribution in [3.05, 3.63) is 47.5 Å². The number of carbonyl (C=O) groups is 1. The molecule has 0 N–H and O–H groups in total. The zero-order valence-corrected chi connectivity index (χ0v) is 15.8. The van der Waals surface area contributed by atoms with Crippen molar-refractivity contribution >= 4 is 5.91 Å². The highest BCUT2D eigenvalue weighted by molar-refractivity contribution is 5.94. The summed E-state index contributed by atoms with van der Waals surface area (Å²) in [5, 5.41) is 0. The number of halogens is 4. The van der Waals surface area contributed by atoms with Crippen molar-refractivity contribution in [2.75, 3.05) is 21.3 Å². The molecule has 158 valence electrons. The highest BCUT2D eigenvalue weighted by atomic mass is 19.3. The van der Waals surface area contributed by atoms with E-state index in [0.29, 0.717) is 5.56 Å². The van der Waals surface area contributed by atoms with Crippen LogP contribution in [0.15, 0.2) is 36.4 Å². The zero-order valence-electron chi connectivity index (χ0n) is 15.8. The molecular weight excluding hydrogens is 398 g/mol. The summed E-state index contributed by atoms with van der Waals surface area (Å²) in [6.45, 7) is -5.90. The lowest BCUT2D eigenvalue weighted by Crippen LogP contribution is -2.26. The van der Waals surface area contributed by atoms with E-state index in [1.165, 1.54) is 62.6 Å². The number of hydrogen-bond acceptors (Lipinski definition) is 5. The number of amides is 1. The first-order chi connectivity index (χ1) is 13.7. The van der Waals surface area contributed by atoms with Crippen molar-refractivity contribution in [3.8, 4) is 23.0 Å². The number of alkyl halides is 4. The van der Waals surface area contributed by atoms with Crippen molar-refractivity contribution < 1.29 is 41.3 Å². The third kappa shape index (κ3) is 5.90. The van der Waals surface area contributed by atoms with Gasteiger partial charge in [0, 0.05) is 19.2 Å². The Bertz CT molecular complexity index is 847. The molecule has 10 heteroatoms. The minimum absolute atomic E-state index is 0.0141. The van der Waals surface area contributed by atoms with Crippen LogP contribution in [-0.4, -0.2) is 45.3 Å². The largest absolute Gasteiger partial charge is 0.493 e. The molecule has 2 aromatic rings. The molecule has 29 heavy (non-hydrogen) atoms. The van der Waals surface area contributed by atoms with Crippen molar-refractivity contribution in [2.24, 2.45) is 0 Å². The van der Waals surface area contributed by atoms with Crippen LogP contribution in [0.4, 0.5) is 17.6 Å². The van der Waals surface area contributed by atoms with Crippen LogP contribution in [0.3, 0.4) is 0 Å². The molecule has 0 spiro atoms. The van der Waals surface area contributed by atoms with E-state index in [-0.39, 0.29) is 35.1 Å². The SMILES string of the molecule is COc1cc(CN(C)C(=O)c2ccc(OC(F)F)c(OC)c2)ccc1OC(F)F. The van der Waals surface area contributed by atoms with E-state index in [1.54, 1.807) is 0 Å². The minimum Gasteiger partial charge on any atom is -0.493 e. The van der Waals surface area contributed by atoms with Gasteiger partial charge in [0.05, 0.1) is 14.2 Å². The number of ether oxygens (including phenoxy) is 4. The fourth-order valence-electron chi connectivity index (χ4n) is 2.56. The highest BCUT2D eigenvalue weighted by Gasteiger charge is 2.18. The van der Waals surface area contributed by atoms with Crippen LogP contribution in [0.5, 0.6) is 23.0 Å². The van der Waals surface area contributed by atoms with Gasteiger partial charge in [0.15, 0.2) is 23.0 Å². The average Bonchev–Trinajstić information content (AvgIpc) is 2.68. The van der Waals surface area contributed by atoms with E-state index in [2.05, 4.69) is 9.47 Å². The summed E-state index contributed by atoms with van der Waals surface area (Å²) in [5.41, 5.74) is 0.791. The van der Waals surface area contributed by atoms with Gasteiger partial charge in [0.25, 0.3) is 5.91 Å². The molecule has 2 aromatic carbocycles. The first-order valence-electron chi connectivity index (χ1n) is 8.25. The number of carbonyl (C=O) groups excluding carboxylic acids is 1. The second kappa shape index (κ2) is 9.85. The summed E-state index contributed by atoms with van der Waals surface area (Å²) in [7, 11) is 4.09. The van der Waals surface area contributed by atoms with Gasteiger partial charge in [0.2, 0.25) is 0 Å². The quantitative estimate of drug-likeness (QED) is 0.573. The molecule has 0 aliphatic rings. The molecule has 0 fully saturated rings. The Morgan fingerprint density at radius 3 is 1.90 bits per heavy atom. The maximum atomic E-state index is 12.6. The molecule has 0 radical (unpaired) electrons. The van der Waals surface area contributed by atoms with Crippen LogP contribution < -0.4 is 18.9 Å². The summed E-state index contributed by atoms with van der Waals surface area (Å²) < 4.78 is 68.4. The normalized spacial score (nSPS) is 10.8. The first kappa shape index (κ1) is 22.1. The van der Waals surface area contributed by atoms with E-state index in [1.807, 2.05) is 0 Å². The van der Waals surface area contributed by atoms with Gasteiger partial charge in [-0.25, -0.2) is 0 Å². The van der Waals surface area contributed by atoms with E-state index >= 15 is 0 Å². The van der Waals surface area contributed by atoms with Crippen molar-refractivity contribution in [1.29, 1.82) is 0 Å². The summed E-state index contributed by atoms with van der Waals surface area (Å²) in [6.07, 6.45) is 0. The van der Waals surface area contributed by atoms with Gasteiger partial charge in [0.1, 0.15) is 0 Å². The molecule has 0 bridgehead atoms. The van der Waals surface area contributed by atoms with Gasteiger partial charge in [-0.3, -0.25) is 4.79 Å². The number of methoxy groups -OCH3 is 2. The van der Waals surface area contributed by atoms with Crippen molar-refractivity contribution in [2.45, 2.75) is 19.8 Å². The lowest BCUT2D eigenvalue weighted by Gasteiger charge is -2.19. The Labute approximate surface area is 164 Å². The van der Waals surface area contributed by atoms with Gasteiger partial charge in [-0.05, 0) is 35.9 Å². The molecule has 0 unspecified atom stereocenters.